The third-order valence-corrected chi connectivity index (χ3v) is 8.89. The van der Waals surface area contributed by atoms with E-state index in [9.17, 15) is 13.2 Å². The van der Waals surface area contributed by atoms with E-state index in [-0.39, 0.29) is 22.8 Å². The summed E-state index contributed by atoms with van der Waals surface area (Å²) in [4.78, 5) is 15.6. The summed E-state index contributed by atoms with van der Waals surface area (Å²) in [6, 6.07) is 16.0. The number of rotatable bonds is 8. The topological polar surface area (TPSA) is 103 Å². The van der Waals surface area contributed by atoms with E-state index in [1.165, 1.54) is 28.6 Å². The Morgan fingerprint density at radius 2 is 1.80 bits per heavy atom. The number of benzene rings is 2. The van der Waals surface area contributed by atoms with Crippen LogP contribution in [0.5, 0.6) is 5.75 Å². The number of nitriles is 1. The predicted molar refractivity (Wildman–Crippen MR) is 132 cm³/mol. The number of likely N-dealkylation sites (tertiary alicyclic amines) is 1. The number of piperidine rings is 1. The summed E-state index contributed by atoms with van der Waals surface area (Å²) < 4.78 is 32.8. The van der Waals surface area contributed by atoms with E-state index in [0.29, 0.717) is 38.0 Å². The van der Waals surface area contributed by atoms with Crippen molar-refractivity contribution in [2.75, 3.05) is 39.8 Å². The van der Waals surface area contributed by atoms with Gasteiger partial charge in [0.05, 0.1) is 29.7 Å². The number of sulfonamides is 1. The number of amides is 1. The SMILES string of the molecule is COc1cccc([C@H](CNC(=O)C2CCN(S(=O)(=O)c3ccc(C#N)cc3)CC2)N2CCCC2)c1. The molecule has 1 amide bonds. The summed E-state index contributed by atoms with van der Waals surface area (Å²) in [6.45, 7) is 3.11. The lowest BCUT2D eigenvalue weighted by atomic mass is 9.97. The van der Waals surface area contributed by atoms with Gasteiger partial charge < -0.3 is 10.1 Å². The van der Waals surface area contributed by atoms with Gasteiger partial charge in [-0.2, -0.15) is 9.57 Å². The van der Waals surface area contributed by atoms with Crippen LogP contribution in [0.3, 0.4) is 0 Å². The van der Waals surface area contributed by atoms with Gasteiger partial charge >= 0.3 is 0 Å². The maximum Gasteiger partial charge on any atom is 0.243 e. The zero-order chi connectivity index (χ0) is 24.8. The fraction of sp³-hybridized carbons (Fsp3) is 0.462. The first-order valence-electron chi connectivity index (χ1n) is 12.1. The Kier molecular flexibility index (Phi) is 8.06. The van der Waals surface area contributed by atoms with Crippen LogP contribution in [0.15, 0.2) is 53.4 Å². The van der Waals surface area contributed by atoms with Gasteiger partial charge in [0.25, 0.3) is 0 Å². The van der Waals surface area contributed by atoms with E-state index in [1.54, 1.807) is 7.11 Å². The van der Waals surface area contributed by atoms with E-state index in [1.807, 2.05) is 24.3 Å². The van der Waals surface area contributed by atoms with E-state index in [0.717, 1.165) is 37.2 Å². The quantitative estimate of drug-likeness (QED) is 0.603. The minimum Gasteiger partial charge on any atom is -0.497 e. The van der Waals surface area contributed by atoms with Crippen LogP contribution in [0.4, 0.5) is 0 Å². The second-order valence-corrected chi connectivity index (χ2v) is 11.0. The lowest BCUT2D eigenvalue weighted by molar-refractivity contribution is -0.126. The maximum atomic E-state index is 13.0. The molecule has 8 nitrogen and oxygen atoms in total. The molecule has 2 aliphatic rings. The molecule has 0 aliphatic carbocycles. The standard InChI is InChI=1S/C26H32N4O4S/c1-34-23-6-4-5-22(17-23)25(29-13-2-3-14-29)19-28-26(31)21-11-15-30(16-12-21)35(32,33)24-9-7-20(18-27)8-10-24/h4-10,17,21,25H,2-3,11-16,19H2,1H3,(H,28,31)/t25-/m0/s1. The Bertz CT molecular complexity index is 1160. The molecule has 1 atom stereocenters. The highest BCUT2D eigenvalue weighted by atomic mass is 32.2. The molecule has 2 aromatic carbocycles. The molecule has 2 saturated heterocycles. The molecule has 0 radical (unpaired) electrons. The third-order valence-electron chi connectivity index (χ3n) is 6.98. The molecule has 2 aliphatic heterocycles. The maximum absolute atomic E-state index is 13.0. The highest BCUT2D eigenvalue weighted by molar-refractivity contribution is 7.89. The minimum atomic E-state index is -3.64. The fourth-order valence-corrected chi connectivity index (χ4v) is 6.38. The average molecular weight is 497 g/mol. The minimum absolute atomic E-state index is 0.0208. The Hall–Kier alpha value is -2.93. The normalized spacial score (nSPS) is 18.6. The largest absolute Gasteiger partial charge is 0.497 e. The van der Waals surface area contributed by atoms with E-state index in [4.69, 9.17) is 10.00 Å². The molecule has 0 aromatic heterocycles. The van der Waals surface area contributed by atoms with Gasteiger partial charge in [-0.1, -0.05) is 12.1 Å². The number of nitrogens with zero attached hydrogens (tertiary/aromatic N) is 3. The highest BCUT2D eigenvalue weighted by Crippen LogP contribution is 2.28. The number of hydrogen-bond donors (Lipinski definition) is 1. The van der Waals surface area contributed by atoms with E-state index < -0.39 is 10.0 Å². The smallest absolute Gasteiger partial charge is 0.243 e. The molecule has 2 fully saturated rings. The van der Waals surface area contributed by atoms with Gasteiger partial charge in [0.15, 0.2) is 0 Å². The number of hydrogen-bond acceptors (Lipinski definition) is 6. The monoisotopic (exact) mass is 496 g/mol. The van der Waals surface area contributed by atoms with Gasteiger partial charge in [-0.15, -0.1) is 0 Å². The van der Waals surface area contributed by atoms with Crippen molar-refractivity contribution in [2.24, 2.45) is 5.92 Å². The zero-order valence-electron chi connectivity index (χ0n) is 20.0. The Balaban J connectivity index is 1.35. The van der Waals surface area contributed by atoms with Crippen molar-refractivity contribution in [3.63, 3.8) is 0 Å². The van der Waals surface area contributed by atoms with Gasteiger partial charge in [-0.25, -0.2) is 8.42 Å². The molecule has 0 unspecified atom stereocenters. The molecule has 2 aromatic rings. The van der Waals surface area contributed by atoms with Crippen LogP contribution in [-0.4, -0.2) is 63.4 Å². The van der Waals surface area contributed by atoms with Gasteiger partial charge in [0, 0.05) is 25.6 Å². The Morgan fingerprint density at radius 1 is 1.11 bits per heavy atom. The molecular weight excluding hydrogens is 464 g/mol. The number of nitrogens with one attached hydrogen (secondary N) is 1. The lowest BCUT2D eigenvalue weighted by Gasteiger charge is -2.32. The van der Waals surface area contributed by atoms with Crippen LogP contribution in [-0.2, 0) is 14.8 Å². The predicted octanol–water partition coefficient (Wildman–Crippen LogP) is 2.92. The summed E-state index contributed by atoms with van der Waals surface area (Å²) in [5.74, 6) is 0.563. The average Bonchev–Trinajstić information content (AvgIpc) is 3.43. The molecule has 4 rings (SSSR count). The van der Waals surface area contributed by atoms with E-state index in [2.05, 4.69) is 16.3 Å². The molecule has 9 heteroatoms. The summed E-state index contributed by atoms with van der Waals surface area (Å²) in [7, 11) is -1.99. The van der Waals surface area contributed by atoms with Crippen LogP contribution < -0.4 is 10.1 Å². The number of methoxy groups -OCH3 is 1. The molecule has 1 N–H and O–H groups in total. The van der Waals surface area contributed by atoms with Crippen LogP contribution in [0.2, 0.25) is 0 Å². The summed E-state index contributed by atoms with van der Waals surface area (Å²) >= 11 is 0. The van der Waals surface area contributed by atoms with Crippen molar-refractivity contribution in [3.05, 3.63) is 59.7 Å². The van der Waals surface area contributed by atoms with Gasteiger partial charge in [-0.3, -0.25) is 9.69 Å². The van der Waals surface area contributed by atoms with Gasteiger partial charge in [0.1, 0.15) is 5.75 Å². The molecule has 0 saturated carbocycles. The van der Waals surface area contributed by atoms with Crippen LogP contribution >= 0.6 is 0 Å². The zero-order valence-corrected chi connectivity index (χ0v) is 20.8. The van der Waals surface area contributed by atoms with Gasteiger partial charge in [-0.05, 0) is 80.7 Å². The summed E-state index contributed by atoms with van der Waals surface area (Å²) in [5, 5.41) is 12.1. The van der Waals surface area contributed by atoms with Crippen LogP contribution in [0.1, 0.15) is 42.9 Å². The molecule has 2 heterocycles. The molecule has 186 valence electrons. The Labute approximate surface area is 207 Å². The first kappa shape index (κ1) is 25.2. The molecular formula is C26H32N4O4S. The van der Waals surface area contributed by atoms with Crippen molar-refractivity contribution in [3.8, 4) is 11.8 Å². The van der Waals surface area contributed by atoms with Gasteiger partial charge in [0.2, 0.25) is 15.9 Å². The van der Waals surface area contributed by atoms with Crippen molar-refractivity contribution in [1.29, 1.82) is 5.26 Å². The second-order valence-electron chi connectivity index (χ2n) is 9.10. The fourth-order valence-electron chi connectivity index (χ4n) is 4.91. The summed E-state index contributed by atoms with van der Waals surface area (Å²) in [6.07, 6.45) is 3.27. The number of carbonyl (C=O) groups excluding carboxylic acids is 1. The lowest BCUT2D eigenvalue weighted by Crippen LogP contribution is -2.44. The third kappa shape index (κ3) is 5.84. The molecule has 35 heavy (non-hydrogen) atoms. The summed E-state index contributed by atoms with van der Waals surface area (Å²) in [5.41, 5.74) is 1.54. The van der Waals surface area contributed by atoms with Crippen LogP contribution in [0.25, 0.3) is 0 Å². The van der Waals surface area contributed by atoms with E-state index >= 15 is 0 Å². The first-order chi connectivity index (χ1) is 16.9. The Morgan fingerprint density at radius 3 is 2.43 bits per heavy atom. The van der Waals surface area contributed by atoms with Crippen molar-refractivity contribution < 1.29 is 17.9 Å². The van der Waals surface area contributed by atoms with Crippen molar-refractivity contribution in [2.45, 2.75) is 36.6 Å². The number of ether oxygens (including phenoxy) is 1. The highest BCUT2D eigenvalue weighted by Gasteiger charge is 2.33. The van der Waals surface area contributed by atoms with Crippen molar-refractivity contribution in [1.82, 2.24) is 14.5 Å². The molecule has 0 bridgehead atoms. The second kappa shape index (κ2) is 11.2. The molecule has 0 spiro atoms. The number of carbonyl (C=O) groups is 1. The first-order valence-corrected chi connectivity index (χ1v) is 13.5. The van der Waals surface area contributed by atoms with Crippen molar-refractivity contribution >= 4 is 15.9 Å². The van der Waals surface area contributed by atoms with Crippen LogP contribution in [0, 0.1) is 17.2 Å².